The first-order valence-electron chi connectivity index (χ1n) is 9.81. The minimum absolute atomic E-state index is 0.00872. The van der Waals surface area contributed by atoms with E-state index < -0.39 is 24.7 Å². The van der Waals surface area contributed by atoms with Crippen LogP contribution in [-0.2, 0) is 6.54 Å². The van der Waals surface area contributed by atoms with Crippen LogP contribution >= 0.6 is 23.2 Å². The molecule has 0 saturated heterocycles. The molecule has 11 heteroatoms. The lowest BCUT2D eigenvalue weighted by Crippen LogP contribution is -2.44. The van der Waals surface area contributed by atoms with Crippen LogP contribution in [-0.4, -0.2) is 39.8 Å². The molecule has 0 fully saturated rings. The third kappa shape index (κ3) is 4.35. The van der Waals surface area contributed by atoms with Gasteiger partial charge in [0, 0.05) is 17.8 Å². The number of primary amides is 1. The van der Waals surface area contributed by atoms with Gasteiger partial charge in [-0.2, -0.15) is 10.4 Å². The van der Waals surface area contributed by atoms with Gasteiger partial charge in [-0.1, -0.05) is 29.3 Å². The maximum atomic E-state index is 14.0. The first-order chi connectivity index (χ1) is 15.8. The van der Waals surface area contributed by atoms with Crippen molar-refractivity contribution in [3.05, 3.63) is 69.3 Å². The molecule has 0 aliphatic carbocycles. The third-order valence-electron chi connectivity index (χ3n) is 5.30. The van der Waals surface area contributed by atoms with Crippen LogP contribution in [0.3, 0.4) is 0 Å². The Kier molecular flexibility index (Phi) is 6.22. The van der Waals surface area contributed by atoms with Crippen molar-refractivity contribution in [3.63, 3.8) is 0 Å². The fourth-order valence-electron chi connectivity index (χ4n) is 3.70. The molecule has 2 heterocycles. The van der Waals surface area contributed by atoms with Gasteiger partial charge in [0.1, 0.15) is 12.4 Å². The number of aromatic nitrogens is 2. The van der Waals surface area contributed by atoms with Gasteiger partial charge in [0.25, 0.3) is 5.91 Å². The van der Waals surface area contributed by atoms with E-state index in [1.54, 1.807) is 42.5 Å². The molecule has 4 rings (SSSR count). The molecule has 8 nitrogen and oxygen atoms in total. The average Bonchev–Trinajstić information content (AvgIpc) is 3.20. The summed E-state index contributed by atoms with van der Waals surface area (Å²) in [6.07, 6.45) is 0. The zero-order valence-electron chi connectivity index (χ0n) is 17.1. The number of anilines is 1. The van der Waals surface area contributed by atoms with Crippen molar-refractivity contribution in [3.8, 4) is 17.3 Å². The number of benzene rings is 2. The number of fused-ring (bicyclic) bond motifs is 1. The standard InChI is InChI=1S/C22H17Cl2FN6O2/c23-16-6-3-13(7-17(16)24)20-19(21(27)32)18-11-30(10-15(8-25)31(18)29-20)22(33)28-14-4-1-12(9-26)2-5-14/h1-7,15H,8,10-11H2,(H2,27,32)(H,28,33). The van der Waals surface area contributed by atoms with Crippen molar-refractivity contribution in [2.45, 2.75) is 12.6 Å². The monoisotopic (exact) mass is 486 g/mol. The number of nitrogens with two attached hydrogens (primary N) is 1. The lowest BCUT2D eigenvalue weighted by molar-refractivity contribution is 0.0995. The minimum Gasteiger partial charge on any atom is -0.365 e. The van der Waals surface area contributed by atoms with E-state index in [4.69, 9.17) is 34.2 Å². The van der Waals surface area contributed by atoms with E-state index in [2.05, 4.69) is 10.4 Å². The van der Waals surface area contributed by atoms with Gasteiger partial charge in [0.05, 0.1) is 45.5 Å². The van der Waals surface area contributed by atoms with Crippen molar-refractivity contribution in [1.29, 1.82) is 5.26 Å². The Bertz CT molecular complexity index is 1290. The molecule has 33 heavy (non-hydrogen) atoms. The summed E-state index contributed by atoms with van der Waals surface area (Å²) in [6.45, 7) is -0.786. The number of halogens is 3. The number of nitrogens with one attached hydrogen (secondary N) is 1. The topological polar surface area (TPSA) is 117 Å². The fraction of sp³-hybridized carbons (Fsp3) is 0.182. The number of alkyl halides is 1. The molecule has 0 radical (unpaired) electrons. The number of nitriles is 1. The Labute approximate surface area is 198 Å². The van der Waals surface area contributed by atoms with Crippen molar-refractivity contribution in [1.82, 2.24) is 14.7 Å². The average molecular weight is 487 g/mol. The van der Waals surface area contributed by atoms with Gasteiger partial charge < -0.3 is 16.0 Å². The Morgan fingerprint density at radius 2 is 1.94 bits per heavy atom. The summed E-state index contributed by atoms with van der Waals surface area (Å²) < 4.78 is 15.4. The lowest BCUT2D eigenvalue weighted by atomic mass is 10.0. The second kappa shape index (κ2) is 9.10. The summed E-state index contributed by atoms with van der Waals surface area (Å²) in [4.78, 5) is 26.6. The number of hydrogen-bond acceptors (Lipinski definition) is 4. The smallest absolute Gasteiger partial charge is 0.322 e. The summed E-state index contributed by atoms with van der Waals surface area (Å²) in [6, 6.07) is 11.8. The van der Waals surface area contributed by atoms with Crippen LogP contribution in [0, 0.1) is 11.3 Å². The van der Waals surface area contributed by atoms with Crippen LogP contribution < -0.4 is 11.1 Å². The third-order valence-corrected chi connectivity index (χ3v) is 6.04. The molecule has 1 unspecified atom stereocenters. The SMILES string of the molecule is N#Cc1ccc(NC(=O)N2Cc3c(C(N)=O)c(-c4ccc(Cl)c(Cl)c4)nn3C(CF)C2)cc1. The highest BCUT2D eigenvalue weighted by Gasteiger charge is 2.34. The zero-order chi connectivity index (χ0) is 23.7. The molecular formula is C22H17Cl2FN6O2. The van der Waals surface area contributed by atoms with Crippen molar-refractivity contribution >= 4 is 40.8 Å². The first-order valence-corrected chi connectivity index (χ1v) is 10.6. The van der Waals surface area contributed by atoms with Gasteiger partial charge in [0.2, 0.25) is 0 Å². The van der Waals surface area contributed by atoms with E-state index in [-0.39, 0.29) is 29.4 Å². The second-order valence-corrected chi connectivity index (χ2v) is 8.23. The number of rotatable bonds is 4. The fourth-order valence-corrected chi connectivity index (χ4v) is 4.00. The molecule has 0 spiro atoms. The second-order valence-electron chi connectivity index (χ2n) is 7.42. The van der Waals surface area contributed by atoms with E-state index in [9.17, 15) is 14.0 Å². The number of carbonyl (C=O) groups excluding carboxylic acids is 2. The van der Waals surface area contributed by atoms with Crippen LogP contribution in [0.5, 0.6) is 0 Å². The number of urea groups is 1. The molecule has 1 aromatic heterocycles. The van der Waals surface area contributed by atoms with Crippen molar-refractivity contribution in [2.75, 3.05) is 18.5 Å². The predicted octanol–water partition coefficient (Wildman–Crippen LogP) is 4.39. The molecule has 0 saturated carbocycles. The van der Waals surface area contributed by atoms with Gasteiger partial charge in [-0.15, -0.1) is 0 Å². The van der Waals surface area contributed by atoms with Crippen LogP contribution in [0.25, 0.3) is 11.3 Å². The van der Waals surface area contributed by atoms with E-state index >= 15 is 0 Å². The lowest BCUT2D eigenvalue weighted by Gasteiger charge is -2.33. The largest absolute Gasteiger partial charge is 0.365 e. The summed E-state index contributed by atoms with van der Waals surface area (Å²) in [7, 11) is 0. The number of nitrogens with zero attached hydrogens (tertiary/aromatic N) is 4. The molecule has 1 aliphatic rings. The van der Waals surface area contributed by atoms with Gasteiger partial charge in [0.15, 0.2) is 0 Å². The van der Waals surface area contributed by atoms with Gasteiger partial charge in [-0.05, 0) is 36.4 Å². The maximum Gasteiger partial charge on any atom is 0.322 e. The van der Waals surface area contributed by atoms with Gasteiger partial charge in [-0.3, -0.25) is 9.48 Å². The Balaban J connectivity index is 1.69. The first kappa shape index (κ1) is 22.6. The minimum atomic E-state index is -0.811. The molecule has 3 N–H and O–H groups in total. The molecule has 2 aromatic carbocycles. The van der Waals surface area contributed by atoms with E-state index in [0.717, 1.165) is 0 Å². The van der Waals surface area contributed by atoms with E-state index in [1.807, 2.05) is 6.07 Å². The predicted molar refractivity (Wildman–Crippen MR) is 122 cm³/mol. The highest BCUT2D eigenvalue weighted by Crippen LogP contribution is 2.34. The summed E-state index contributed by atoms with van der Waals surface area (Å²) >= 11 is 12.1. The Morgan fingerprint density at radius 1 is 1.21 bits per heavy atom. The van der Waals surface area contributed by atoms with Crippen LogP contribution in [0.15, 0.2) is 42.5 Å². The molecule has 1 aliphatic heterocycles. The summed E-state index contributed by atoms with van der Waals surface area (Å²) in [5.74, 6) is -0.760. The van der Waals surface area contributed by atoms with Crippen LogP contribution in [0.4, 0.5) is 14.9 Å². The Morgan fingerprint density at radius 3 is 2.55 bits per heavy atom. The van der Waals surface area contributed by atoms with E-state index in [1.165, 1.54) is 9.58 Å². The van der Waals surface area contributed by atoms with Gasteiger partial charge >= 0.3 is 6.03 Å². The number of hydrogen-bond donors (Lipinski definition) is 2. The highest BCUT2D eigenvalue weighted by molar-refractivity contribution is 6.42. The molecular weight excluding hydrogens is 470 g/mol. The molecule has 1 atom stereocenters. The quantitative estimate of drug-likeness (QED) is 0.568. The number of carbonyl (C=O) groups is 2. The maximum absolute atomic E-state index is 14.0. The summed E-state index contributed by atoms with van der Waals surface area (Å²) in [5.41, 5.74) is 7.73. The normalized spacial score (nSPS) is 15.0. The number of amides is 3. The van der Waals surface area contributed by atoms with Gasteiger partial charge in [-0.25, -0.2) is 9.18 Å². The molecule has 3 amide bonds. The van der Waals surface area contributed by atoms with E-state index in [0.29, 0.717) is 27.5 Å². The zero-order valence-corrected chi connectivity index (χ0v) is 18.6. The Hall–Kier alpha value is -3.61. The summed E-state index contributed by atoms with van der Waals surface area (Å²) in [5, 5.41) is 16.7. The van der Waals surface area contributed by atoms with Crippen molar-refractivity contribution < 1.29 is 14.0 Å². The molecule has 168 valence electrons. The molecule has 3 aromatic rings. The highest BCUT2D eigenvalue weighted by atomic mass is 35.5. The van der Waals surface area contributed by atoms with Crippen LogP contribution in [0.2, 0.25) is 10.0 Å². The molecule has 0 bridgehead atoms. The van der Waals surface area contributed by atoms with Crippen LogP contribution in [0.1, 0.15) is 27.7 Å². The van der Waals surface area contributed by atoms with Crippen molar-refractivity contribution in [2.24, 2.45) is 5.73 Å².